The van der Waals surface area contributed by atoms with Gasteiger partial charge in [0.25, 0.3) is 5.91 Å². The van der Waals surface area contributed by atoms with Crippen molar-refractivity contribution in [3.05, 3.63) is 35.4 Å². The van der Waals surface area contributed by atoms with E-state index < -0.39 is 5.54 Å². The van der Waals surface area contributed by atoms with Crippen molar-refractivity contribution in [3.8, 4) is 0 Å². The van der Waals surface area contributed by atoms with Crippen LogP contribution in [-0.4, -0.2) is 30.3 Å². The Kier molecular flexibility index (Phi) is 5.31. The predicted octanol–water partition coefficient (Wildman–Crippen LogP) is 1.72. The summed E-state index contributed by atoms with van der Waals surface area (Å²) in [5.74, 6) is -0.180. The fraction of sp³-hybridized carbons (Fsp3) is 0.500. The van der Waals surface area contributed by atoms with Crippen LogP contribution in [0.4, 0.5) is 0 Å². The molecular formula is C14H21NO3. The second-order valence-corrected chi connectivity index (χ2v) is 4.62. The molecule has 1 unspecified atom stereocenters. The van der Waals surface area contributed by atoms with Crippen molar-refractivity contribution in [1.29, 1.82) is 0 Å². The van der Waals surface area contributed by atoms with Crippen LogP contribution in [0.3, 0.4) is 0 Å². The summed E-state index contributed by atoms with van der Waals surface area (Å²) in [5.41, 5.74) is 0.846. The number of aliphatic hydroxyl groups is 1. The van der Waals surface area contributed by atoms with Crippen LogP contribution < -0.4 is 5.32 Å². The first-order chi connectivity index (χ1) is 8.56. The van der Waals surface area contributed by atoms with Crippen molar-refractivity contribution >= 4 is 5.91 Å². The molecule has 0 saturated carbocycles. The standard InChI is InChI=1S/C14H21NO3/c1-4-14(2,10-16)15-13(17)12-8-6-5-7-11(12)9-18-3/h5-8,16H,4,9-10H2,1-3H3,(H,15,17). The maximum Gasteiger partial charge on any atom is 0.252 e. The van der Waals surface area contributed by atoms with Crippen LogP contribution in [0.5, 0.6) is 0 Å². The van der Waals surface area contributed by atoms with E-state index in [9.17, 15) is 9.90 Å². The number of amides is 1. The van der Waals surface area contributed by atoms with E-state index >= 15 is 0 Å². The van der Waals surface area contributed by atoms with Crippen molar-refractivity contribution < 1.29 is 14.6 Å². The third kappa shape index (κ3) is 3.55. The van der Waals surface area contributed by atoms with Gasteiger partial charge in [-0.3, -0.25) is 4.79 Å². The largest absolute Gasteiger partial charge is 0.394 e. The number of rotatable bonds is 6. The van der Waals surface area contributed by atoms with Gasteiger partial charge in [-0.15, -0.1) is 0 Å². The third-order valence-electron chi connectivity index (χ3n) is 3.11. The molecule has 1 rings (SSSR count). The highest BCUT2D eigenvalue weighted by molar-refractivity contribution is 5.96. The predicted molar refractivity (Wildman–Crippen MR) is 70.4 cm³/mol. The third-order valence-corrected chi connectivity index (χ3v) is 3.11. The van der Waals surface area contributed by atoms with Gasteiger partial charge in [0.15, 0.2) is 0 Å². The normalized spacial score (nSPS) is 14.0. The molecule has 0 spiro atoms. The summed E-state index contributed by atoms with van der Waals surface area (Å²) in [6.07, 6.45) is 0.668. The molecule has 0 aliphatic rings. The van der Waals surface area contributed by atoms with Gasteiger partial charge in [-0.1, -0.05) is 25.1 Å². The van der Waals surface area contributed by atoms with Crippen LogP contribution in [0.2, 0.25) is 0 Å². The Morgan fingerprint density at radius 2 is 2.11 bits per heavy atom. The SMILES string of the molecule is CCC(C)(CO)NC(=O)c1ccccc1COC. The second kappa shape index (κ2) is 6.52. The summed E-state index contributed by atoms with van der Waals surface area (Å²) in [5, 5.41) is 12.2. The Hall–Kier alpha value is -1.39. The smallest absolute Gasteiger partial charge is 0.252 e. The summed E-state index contributed by atoms with van der Waals surface area (Å²) in [6.45, 7) is 4.06. The van der Waals surface area contributed by atoms with E-state index in [1.165, 1.54) is 0 Å². The minimum Gasteiger partial charge on any atom is -0.394 e. The van der Waals surface area contributed by atoms with Gasteiger partial charge >= 0.3 is 0 Å². The molecule has 4 heteroatoms. The summed E-state index contributed by atoms with van der Waals surface area (Å²) in [7, 11) is 1.60. The van der Waals surface area contributed by atoms with Gasteiger partial charge in [-0.25, -0.2) is 0 Å². The molecule has 0 aromatic heterocycles. The van der Waals surface area contributed by atoms with Crippen LogP contribution in [0.1, 0.15) is 36.2 Å². The average molecular weight is 251 g/mol. The molecule has 0 saturated heterocycles. The van der Waals surface area contributed by atoms with Gasteiger partial charge < -0.3 is 15.2 Å². The molecule has 0 aliphatic heterocycles. The molecule has 1 amide bonds. The maximum atomic E-state index is 12.2. The van der Waals surface area contributed by atoms with Crippen LogP contribution in [0, 0.1) is 0 Å². The van der Waals surface area contributed by atoms with Crippen LogP contribution >= 0.6 is 0 Å². The Morgan fingerprint density at radius 1 is 1.44 bits per heavy atom. The van der Waals surface area contributed by atoms with E-state index in [1.54, 1.807) is 13.2 Å². The minimum atomic E-state index is -0.586. The quantitative estimate of drug-likeness (QED) is 0.809. The summed E-state index contributed by atoms with van der Waals surface area (Å²) in [4.78, 5) is 12.2. The lowest BCUT2D eigenvalue weighted by Crippen LogP contribution is -2.48. The number of carbonyl (C=O) groups excluding carboxylic acids is 1. The highest BCUT2D eigenvalue weighted by Gasteiger charge is 2.24. The zero-order chi connectivity index (χ0) is 13.6. The molecule has 18 heavy (non-hydrogen) atoms. The van der Waals surface area contributed by atoms with E-state index in [-0.39, 0.29) is 12.5 Å². The van der Waals surface area contributed by atoms with Crippen molar-refractivity contribution in [1.82, 2.24) is 5.32 Å². The van der Waals surface area contributed by atoms with Gasteiger partial charge in [0.2, 0.25) is 0 Å². The van der Waals surface area contributed by atoms with E-state index in [0.717, 1.165) is 5.56 Å². The molecule has 0 heterocycles. The molecule has 0 bridgehead atoms. The van der Waals surface area contributed by atoms with Gasteiger partial charge in [0, 0.05) is 12.7 Å². The summed E-state index contributed by atoms with van der Waals surface area (Å²) in [6, 6.07) is 7.31. The van der Waals surface area contributed by atoms with Crippen LogP contribution in [0.15, 0.2) is 24.3 Å². The molecule has 2 N–H and O–H groups in total. The van der Waals surface area contributed by atoms with Gasteiger partial charge in [0.05, 0.1) is 18.8 Å². The Morgan fingerprint density at radius 3 is 2.67 bits per heavy atom. The van der Waals surface area contributed by atoms with E-state index in [1.807, 2.05) is 32.0 Å². The molecule has 1 aromatic carbocycles. The first-order valence-corrected chi connectivity index (χ1v) is 6.06. The molecule has 0 radical (unpaired) electrons. The van der Waals surface area contributed by atoms with Gasteiger partial charge in [-0.2, -0.15) is 0 Å². The van der Waals surface area contributed by atoms with Crippen molar-refractivity contribution in [2.24, 2.45) is 0 Å². The number of ether oxygens (including phenoxy) is 1. The molecule has 100 valence electrons. The average Bonchev–Trinajstić information content (AvgIpc) is 2.39. The van der Waals surface area contributed by atoms with Crippen molar-refractivity contribution in [2.45, 2.75) is 32.4 Å². The molecule has 1 aromatic rings. The molecule has 4 nitrogen and oxygen atoms in total. The molecule has 0 fully saturated rings. The van der Waals surface area contributed by atoms with Crippen LogP contribution in [-0.2, 0) is 11.3 Å². The number of aliphatic hydroxyl groups excluding tert-OH is 1. The van der Waals surface area contributed by atoms with E-state index in [0.29, 0.717) is 18.6 Å². The summed E-state index contributed by atoms with van der Waals surface area (Å²) < 4.78 is 5.07. The summed E-state index contributed by atoms with van der Waals surface area (Å²) >= 11 is 0. The minimum absolute atomic E-state index is 0.0817. The Bertz CT molecular complexity index is 400. The topological polar surface area (TPSA) is 58.6 Å². The van der Waals surface area contributed by atoms with E-state index in [2.05, 4.69) is 5.32 Å². The zero-order valence-electron chi connectivity index (χ0n) is 11.2. The number of hydrogen-bond acceptors (Lipinski definition) is 3. The fourth-order valence-electron chi connectivity index (χ4n) is 1.60. The van der Waals surface area contributed by atoms with Crippen molar-refractivity contribution in [2.75, 3.05) is 13.7 Å². The number of methoxy groups -OCH3 is 1. The lowest BCUT2D eigenvalue weighted by atomic mass is 9.98. The van der Waals surface area contributed by atoms with E-state index in [4.69, 9.17) is 4.74 Å². The lowest BCUT2D eigenvalue weighted by molar-refractivity contribution is 0.0843. The van der Waals surface area contributed by atoms with Gasteiger partial charge in [0.1, 0.15) is 0 Å². The second-order valence-electron chi connectivity index (χ2n) is 4.62. The first-order valence-electron chi connectivity index (χ1n) is 6.06. The van der Waals surface area contributed by atoms with Crippen LogP contribution in [0.25, 0.3) is 0 Å². The first kappa shape index (κ1) is 14.7. The Labute approximate surface area is 108 Å². The monoisotopic (exact) mass is 251 g/mol. The van der Waals surface area contributed by atoms with Gasteiger partial charge in [-0.05, 0) is 25.0 Å². The highest BCUT2D eigenvalue weighted by atomic mass is 16.5. The number of carbonyl (C=O) groups is 1. The fourth-order valence-corrected chi connectivity index (χ4v) is 1.60. The Balaban J connectivity index is 2.90. The zero-order valence-corrected chi connectivity index (χ0v) is 11.2. The number of hydrogen-bond donors (Lipinski definition) is 2. The highest BCUT2D eigenvalue weighted by Crippen LogP contribution is 2.13. The lowest BCUT2D eigenvalue weighted by Gasteiger charge is -2.27. The molecule has 0 aliphatic carbocycles. The molecular weight excluding hydrogens is 230 g/mol. The number of benzene rings is 1. The maximum absolute atomic E-state index is 12.2. The van der Waals surface area contributed by atoms with Crippen molar-refractivity contribution in [3.63, 3.8) is 0 Å². The molecule has 1 atom stereocenters. The number of nitrogens with one attached hydrogen (secondary N) is 1.